The lowest BCUT2D eigenvalue weighted by Crippen LogP contribution is -2.48. The Balaban J connectivity index is 1.68. The monoisotopic (exact) mass is 401 g/mol. The average molecular weight is 402 g/mol. The van der Waals surface area contributed by atoms with Crippen LogP contribution in [0.5, 0.6) is 0 Å². The van der Waals surface area contributed by atoms with Crippen molar-refractivity contribution in [3.8, 4) is 10.6 Å². The fourth-order valence-corrected chi connectivity index (χ4v) is 3.55. The molecule has 2 atom stereocenters. The van der Waals surface area contributed by atoms with Crippen LogP contribution >= 0.6 is 11.3 Å². The molecular formula is C20H27N5O2S. The van der Waals surface area contributed by atoms with E-state index in [9.17, 15) is 9.59 Å². The Hall–Kier alpha value is -2.48. The molecule has 0 spiro atoms. The molecule has 0 unspecified atom stereocenters. The number of aromatic nitrogens is 2. The highest BCUT2D eigenvalue weighted by Gasteiger charge is 2.34. The van der Waals surface area contributed by atoms with Crippen LogP contribution in [0.4, 0.5) is 10.8 Å². The van der Waals surface area contributed by atoms with Crippen molar-refractivity contribution in [2.45, 2.75) is 39.2 Å². The van der Waals surface area contributed by atoms with Crippen LogP contribution in [0.3, 0.4) is 0 Å². The van der Waals surface area contributed by atoms with E-state index in [2.05, 4.69) is 20.8 Å². The first-order chi connectivity index (χ1) is 13.4. The van der Waals surface area contributed by atoms with Gasteiger partial charge in [0.05, 0.1) is 0 Å². The van der Waals surface area contributed by atoms with Gasteiger partial charge in [-0.3, -0.25) is 14.9 Å². The van der Waals surface area contributed by atoms with E-state index in [1.807, 2.05) is 57.1 Å². The quantitative estimate of drug-likeness (QED) is 0.709. The van der Waals surface area contributed by atoms with Crippen LogP contribution < -0.4 is 15.5 Å². The first-order valence-electron chi connectivity index (χ1n) is 9.61. The first kappa shape index (κ1) is 20.3. The van der Waals surface area contributed by atoms with Crippen molar-refractivity contribution in [3.63, 3.8) is 0 Å². The van der Waals surface area contributed by atoms with Gasteiger partial charge in [-0.2, -0.15) is 0 Å². The summed E-state index contributed by atoms with van der Waals surface area (Å²) in [5, 5.41) is 15.2. The number of anilines is 2. The number of nitrogens with zero attached hydrogens (tertiary/aromatic N) is 3. The summed E-state index contributed by atoms with van der Waals surface area (Å²) < 4.78 is 0. The zero-order chi connectivity index (χ0) is 20.3. The minimum absolute atomic E-state index is 0.0283. The highest BCUT2D eigenvalue weighted by Crippen LogP contribution is 2.30. The highest BCUT2D eigenvalue weighted by molar-refractivity contribution is 7.18. The summed E-state index contributed by atoms with van der Waals surface area (Å²) in [7, 11) is 3.98. The lowest BCUT2D eigenvalue weighted by Gasteiger charge is -2.22. The molecule has 8 heteroatoms. The predicted octanol–water partition coefficient (Wildman–Crippen LogP) is 3.15. The fraction of sp³-hybridized carbons (Fsp3) is 0.500. The molecule has 0 bridgehead atoms. The second kappa shape index (κ2) is 8.68. The normalized spacial score (nSPS) is 15.6. The number of hydrogen-bond acceptors (Lipinski definition) is 6. The fourth-order valence-electron chi connectivity index (χ4n) is 2.79. The maximum Gasteiger partial charge on any atom is 0.249 e. The van der Waals surface area contributed by atoms with Crippen molar-refractivity contribution in [3.05, 3.63) is 24.3 Å². The Bertz CT molecular complexity index is 829. The maximum atomic E-state index is 12.8. The molecule has 1 saturated carbocycles. The summed E-state index contributed by atoms with van der Waals surface area (Å²) in [4.78, 5) is 26.9. The molecule has 0 aliphatic heterocycles. The minimum atomic E-state index is -0.565. The Labute approximate surface area is 169 Å². The van der Waals surface area contributed by atoms with Gasteiger partial charge in [0.1, 0.15) is 11.0 Å². The molecule has 1 fully saturated rings. The molecule has 2 aromatic rings. The number of rotatable bonds is 8. The van der Waals surface area contributed by atoms with Gasteiger partial charge in [-0.05, 0) is 43.0 Å². The highest BCUT2D eigenvalue weighted by atomic mass is 32.1. The zero-order valence-corrected chi connectivity index (χ0v) is 17.5. The molecule has 1 aliphatic carbocycles. The van der Waals surface area contributed by atoms with Crippen molar-refractivity contribution in [2.75, 3.05) is 24.3 Å². The van der Waals surface area contributed by atoms with Gasteiger partial charge < -0.3 is 10.2 Å². The van der Waals surface area contributed by atoms with E-state index in [0.29, 0.717) is 5.13 Å². The molecule has 1 aromatic carbocycles. The van der Waals surface area contributed by atoms with Crippen molar-refractivity contribution in [1.29, 1.82) is 0 Å². The molecule has 7 nitrogen and oxygen atoms in total. The number of benzene rings is 1. The summed E-state index contributed by atoms with van der Waals surface area (Å²) >= 11 is 1.32. The second-order valence-electron chi connectivity index (χ2n) is 7.49. The third-order valence-electron chi connectivity index (χ3n) is 5.03. The van der Waals surface area contributed by atoms with Crippen LogP contribution in [0.25, 0.3) is 10.6 Å². The largest absolute Gasteiger partial charge is 0.378 e. The van der Waals surface area contributed by atoms with Crippen molar-refractivity contribution < 1.29 is 9.59 Å². The Kier molecular flexibility index (Phi) is 6.28. The molecule has 2 amide bonds. The van der Waals surface area contributed by atoms with Gasteiger partial charge >= 0.3 is 0 Å². The van der Waals surface area contributed by atoms with E-state index in [1.54, 1.807) is 0 Å². The van der Waals surface area contributed by atoms with E-state index in [-0.39, 0.29) is 23.7 Å². The molecule has 150 valence electrons. The number of amides is 2. The third kappa shape index (κ3) is 4.86. The Morgan fingerprint density at radius 3 is 2.46 bits per heavy atom. The van der Waals surface area contributed by atoms with Crippen LogP contribution in [0, 0.1) is 11.8 Å². The van der Waals surface area contributed by atoms with Gasteiger partial charge in [0.2, 0.25) is 16.9 Å². The summed E-state index contributed by atoms with van der Waals surface area (Å²) in [6.07, 6.45) is 2.61. The SMILES string of the molecule is CC[C@H](C)[C@@H](NC(=O)C1CC1)C(=O)Nc1nnc(-c2ccc(N(C)C)cc2)s1. The third-order valence-corrected chi connectivity index (χ3v) is 5.91. The minimum Gasteiger partial charge on any atom is -0.378 e. The van der Waals surface area contributed by atoms with Gasteiger partial charge in [-0.1, -0.05) is 31.6 Å². The standard InChI is InChI=1S/C20H27N5O2S/c1-5-12(2)16(21-17(26)13-6-7-13)18(27)22-20-24-23-19(28-20)14-8-10-15(11-9-14)25(3)4/h8-13,16H,5-7H2,1-4H3,(H,21,26)(H,22,24,27)/t12-,16+/m0/s1. The first-order valence-corrected chi connectivity index (χ1v) is 10.4. The van der Waals surface area contributed by atoms with Gasteiger partial charge in [0.25, 0.3) is 0 Å². The van der Waals surface area contributed by atoms with E-state index in [0.717, 1.165) is 35.5 Å². The van der Waals surface area contributed by atoms with Gasteiger partial charge in [0.15, 0.2) is 0 Å². The van der Waals surface area contributed by atoms with E-state index in [1.165, 1.54) is 11.3 Å². The summed E-state index contributed by atoms with van der Waals surface area (Å²) in [6, 6.07) is 7.44. The Morgan fingerprint density at radius 1 is 1.21 bits per heavy atom. The second-order valence-corrected chi connectivity index (χ2v) is 8.47. The van der Waals surface area contributed by atoms with Crippen LogP contribution in [0.1, 0.15) is 33.1 Å². The molecule has 2 N–H and O–H groups in total. The number of carbonyl (C=O) groups excluding carboxylic acids is 2. The average Bonchev–Trinajstić information content (AvgIpc) is 3.44. The van der Waals surface area contributed by atoms with Crippen molar-refractivity contribution in [2.24, 2.45) is 11.8 Å². The summed E-state index contributed by atoms with van der Waals surface area (Å²) in [5.74, 6) is -0.167. The van der Waals surface area contributed by atoms with Crippen molar-refractivity contribution in [1.82, 2.24) is 15.5 Å². The maximum absolute atomic E-state index is 12.8. The lowest BCUT2D eigenvalue weighted by atomic mass is 9.98. The van der Waals surface area contributed by atoms with Crippen LogP contribution in [0.2, 0.25) is 0 Å². The number of hydrogen-bond donors (Lipinski definition) is 2. The zero-order valence-electron chi connectivity index (χ0n) is 16.7. The van der Waals surface area contributed by atoms with Crippen LogP contribution in [-0.4, -0.2) is 42.1 Å². The lowest BCUT2D eigenvalue weighted by molar-refractivity contribution is -0.128. The van der Waals surface area contributed by atoms with Gasteiger partial charge in [-0.15, -0.1) is 10.2 Å². The number of nitrogens with one attached hydrogen (secondary N) is 2. The van der Waals surface area contributed by atoms with E-state index >= 15 is 0 Å². The topological polar surface area (TPSA) is 87.2 Å². The molecule has 0 saturated heterocycles. The van der Waals surface area contributed by atoms with Gasteiger partial charge in [-0.25, -0.2) is 0 Å². The number of carbonyl (C=O) groups is 2. The van der Waals surface area contributed by atoms with Crippen LogP contribution in [0.15, 0.2) is 24.3 Å². The molecular weight excluding hydrogens is 374 g/mol. The smallest absolute Gasteiger partial charge is 0.249 e. The summed E-state index contributed by atoms with van der Waals surface area (Å²) in [5.41, 5.74) is 2.05. The molecule has 28 heavy (non-hydrogen) atoms. The van der Waals surface area contributed by atoms with E-state index in [4.69, 9.17) is 0 Å². The van der Waals surface area contributed by atoms with E-state index < -0.39 is 6.04 Å². The molecule has 1 aliphatic rings. The molecule has 1 heterocycles. The molecule has 0 radical (unpaired) electrons. The molecule has 1 aromatic heterocycles. The van der Waals surface area contributed by atoms with Gasteiger partial charge in [0, 0.05) is 31.3 Å². The predicted molar refractivity (Wildman–Crippen MR) is 112 cm³/mol. The Morgan fingerprint density at radius 2 is 1.89 bits per heavy atom. The van der Waals surface area contributed by atoms with Crippen molar-refractivity contribution >= 4 is 34.0 Å². The summed E-state index contributed by atoms with van der Waals surface area (Å²) in [6.45, 7) is 3.98. The molecule has 3 rings (SSSR count). The van der Waals surface area contributed by atoms with Crippen LogP contribution in [-0.2, 0) is 9.59 Å².